The Balaban J connectivity index is 0.00000220. The van der Waals surface area contributed by atoms with Gasteiger partial charge in [0.05, 0.1) is 5.54 Å². The Morgan fingerprint density at radius 2 is 1.76 bits per heavy atom. The second kappa shape index (κ2) is 9.06. The lowest BCUT2D eigenvalue weighted by Gasteiger charge is -2.22. The molecule has 1 amide bonds. The highest BCUT2D eigenvalue weighted by Crippen LogP contribution is 2.27. The maximum Gasteiger partial charge on any atom is 0.240 e. The first-order valence-electron chi connectivity index (χ1n) is 7.82. The number of amides is 1. The van der Waals surface area contributed by atoms with Crippen LogP contribution >= 0.6 is 12.4 Å². The Labute approximate surface area is 134 Å². The summed E-state index contributed by atoms with van der Waals surface area (Å²) < 4.78 is 0. The highest BCUT2D eigenvalue weighted by molar-refractivity contribution is 5.86. The molecule has 1 aliphatic rings. The van der Waals surface area contributed by atoms with Gasteiger partial charge in [-0.15, -0.1) is 12.4 Å². The predicted octanol–water partition coefficient (Wildman–Crippen LogP) is 3.21. The average molecular weight is 311 g/mol. The van der Waals surface area contributed by atoms with Gasteiger partial charge in [-0.25, -0.2) is 0 Å². The van der Waals surface area contributed by atoms with E-state index in [1.54, 1.807) is 0 Å². The fourth-order valence-electron chi connectivity index (χ4n) is 2.89. The van der Waals surface area contributed by atoms with Crippen molar-refractivity contribution in [3.8, 4) is 0 Å². The van der Waals surface area contributed by atoms with E-state index >= 15 is 0 Å². The molecule has 0 aliphatic heterocycles. The summed E-state index contributed by atoms with van der Waals surface area (Å²) in [5.41, 5.74) is 6.92. The molecule has 0 spiro atoms. The second-order valence-electron chi connectivity index (χ2n) is 5.92. The molecule has 4 heteroatoms. The Kier molecular flexibility index (Phi) is 7.76. The Morgan fingerprint density at radius 3 is 2.43 bits per heavy atom. The maximum absolute atomic E-state index is 12.0. The van der Waals surface area contributed by atoms with Crippen LogP contribution in [0.3, 0.4) is 0 Å². The molecule has 0 aromatic heterocycles. The topological polar surface area (TPSA) is 55.1 Å². The van der Waals surface area contributed by atoms with Gasteiger partial charge >= 0.3 is 0 Å². The van der Waals surface area contributed by atoms with Gasteiger partial charge in [0, 0.05) is 6.54 Å². The number of unbranched alkanes of at least 4 members (excludes halogenated alkanes) is 2. The molecule has 118 valence electrons. The third-order valence-corrected chi connectivity index (χ3v) is 4.22. The van der Waals surface area contributed by atoms with Crippen LogP contribution < -0.4 is 11.1 Å². The molecule has 2 rings (SSSR count). The number of rotatable bonds is 7. The summed E-state index contributed by atoms with van der Waals surface area (Å²) in [6.45, 7) is 0.757. The van der Waals surface area contributed by atoms with E-state index in [1.165, 1.54) is 12.0 Å². The molecule has 0 radical (unpaired) electrons. The third kappa shape index (κ3) is 5.68. The van der Waals surface area contributed by atoms with E-state index in [0.717, 1.165) is 51.5 Å². The van der Waals surface area contributed by atoms with Gasteiger partial charge in [-0.05, 0) is 37.7 Å². The van der Waals surface area contributed by atoms with Gasteiger partial charge in [-0.3, -0.25) is 4.79 Å². The van der Waals surface area contributed by atoms with Crippen molar-refractivity contribution in [2.24, 2.45) is 5.73 Å². The lowest BCUT2D eigenvalue weighted by Crippen LogP contribution is -2.52. The van der Waals surface area contributed by atoms with E-state index in [4.69, 9.17) is 5.73 Å². The van der Waals surface area contributed by atoms with E-state index in [-0.39, 0.29) is 18.3 Å². The van der Waals surface area contributed by atoms with Gasteiger partial charge in [0.25, 0.3) is 0 Å². The molecule has 3 N–H and O–H groups in total. The van der Waals surface area contributed by atoms with Crippen LogP contribution in [0, 0.1) is 0 Å². The molecule has 21 heavy (non-hydrogen) atoms. The van der Waals surface area contributed by atoms with Gasteiger partial charge in [0.15, 0.2) is 0 Å². The number of hydrogen-bond donors (Lipinski definition) is 2. The summed E-state index contributed by atoms with van der Waals surface area (Å²) in [4.78, 5) is 12.0. The molecule has 0 unspecified atom stereocenters. The molecule has 1 fully saturated rings. The third-order valence-electron chi connectivity index (χ3n) is 4.22. The van der Waals surface area contributed by atoms with E-state index in [2.05, 4.69) is 29.6 Å². The van der Waals surface area contributed by atoms with Gasteiger partial charge in [0.2, 0.25) is 5.91 Å². The first kappa shape index (κ1) is 18.0. The smallest absolute Gasteiger partial charge is 0.240 e. The number of nitrogens with one attached hydrogen (secondary N) is 1. The van der Waals surface area contributed by atoms with Gasteiger partial charge in [-0.2, -0.15) is 0 Å². The van der Waals surface area contributed by atoms with E-state index in [0.29, 0.717) is 0 Å². The van der Waals surface area contributed by atoms with Crippen LogP contribution in [-0.2, 0) is 11.2 Å². The summed E-state index contributed by atoms with van der Waals surface area (Å²) >= 11 is 0. The molecule has 1 saturated carbocycles. The number of aryl methyl sites for hydroxylation is 1. The predicted molar refractivity (Wildman–Crippen MR) is 89.6 cm³/mol. The van der Waals surface area contributed by atoms with Crippen molar-refractivity contribution >= 4 is 18.3 Å². The molecule has 0 heterocycles. The first-order valence-corrected chi connectivity index (χ1v) is 7.82. The molecule has 3 nitrogen and oxygen atoms in total. The Morgan fingerprint density at radius 1 is 1.10 bits per heavy atom. The second-order valence-corrected chi connectivity index (χ2v) is 5.92. The van der Waals surface area contributed by atoms with Crippen molar-refractivity contribution in [1.82, 2.24) is 5.32 Å². The minimum Gasteiger partial charge on any atom is -0.355 e. The van der Waals surface area contributed by atoms with Crippen molar-refractivity contribution < 1.29 is 4.79 Å². The number of nitrogens with two attached hydrogens (primary N) is 1. The quantitative estimate of drug-likeness (QED) is 0.760. The Bertz CT molecular complexity index is 416. The molecule has 0 saturated heterocycles. The summed E-state index contributed by atoms with van der Waals surface area (Å²) in [6, 6.07) is 10.5. The lowest BCUT2D eigenvalue weighted by atomic mass is 9.98. The minimum absolute atomic E-state index is 0. The van der Waals surface area contributed by atoms with Crippen LogP contribution in [0.5, 0.6) is 0 Å². The molecular weight excluding hydrogens is 284 g/mol. The van der Waals surface area contributed by atoms with Crippen molar-refractivity contribution in [3.63, 3.8) is 0 Å². The fourth-order valence-corrected chi connectivity index (χ4v) is 2.89. The number of benzene rings is 1. The van der Waals surface area contributed by atoms with E-state index in [9.17, 15) is 4.79 Å². The van der Waals surface area contributed by atoms with Crippen molar-refractivity contribution in [3.05, 3.63) is 35.9 Å². The van der Waals surface area contributed by atoms with E-state index in [1.807, 2.05) is 6.07 Å². The number of carbonyl (C=O) groups excluding carboxylic acids is 1. The number of carbonyl (C=O) groups is 1. The van der Waals surface area contributed by atoms with Crippen molar-refractivity contribution in [2.45, 2.75) is 56.9 Å². The van der Waals surface area contributed by atoms with Crippen LogP contribution in [0.1, 0.15) is 50.5 Å². The highest BCUT2D eigenvalue weighted by atomic mass is 35.5. The average Bonchev–Trinajstić information content (AvgIpc) is 2.92. The molecular formula is C17H27ClN2O. The fraction of sp³-hybridized carbons (Fsp3) is 0.588. The largest absolute Gasteiger partial charge is 0.355 e. The lowest BCUT2D eigenvalue weighted by molar-refractivity contribution is -0.126. The van der Waals surface area contributed by atoms with Crippen molar-refractivity contribution in [2.75, 3.05) is 6.54 Å². The van der Waals surface area contributed by atoms with Crippen molar-refractivity contribution in [1.29, 1.82) is 0 Å². The van der Waals surface area contributed by atoms with Crippen LogP contribution in [0.4, 0.5) is 0 Å². The standard InChI is InChI=1S/C17H26N2O.ClH/c18-17(12-6-7-13-17)16(20)19-14-8-2-5-11-15-9-3-1-4-10-15;/h1,3-4,9-10H,2,5-8,11-14,18H2,(H,19,20);1H. The first-order chi connectivity index (χ1) is 9.71. The zero-order valence-electron chi connectivity index (χ0n) is 12.6. The zero-order valence-corrected chi connectivity index (χ0v) is 13.5. The maximum atomic E-state index is 12.0. The number of halogens is 1. The summed E-state index contributed by atoms with van der Waals surface area (Å²) in [6.07, 6.45) is 8.33. The van der Waals surface area contributed by atoms with Gasteiger partial charge < -0.3 is 11.1 Å². The Hall–Kier alpha value is -1.06. The monoisotopic (exact) mass is 310 g/mol. The number of hydrogen-bond acceptors (Lipinski definition) is 2. The normalized spacial score (nSPS) is 16.2. The van der Waals surface area contributed by atoms with Crippen LogP contribution in [0.15, 0.2) is 30.3 Å². The minimum atomic E-state index is -0.579. The van der Waals surface area contributed by atoms with Crippen LogP contribution in [0.25, 0.3) is 0 Å². The van der Waals surface area contributed by atoms with Gasteiger partial charge in [-0.1, -0.05) is 49.6 Å². The SMILES string of the molecule is Cl.NC1(C(=O)NCCCCCc2ccccc2)CCCC1. The zero-order chi connectivity index (χ0) is 14.3. The highest BCUT2D eigenvalue weighted by Gasteiger charge is 2.36. The molecule has 1 aliphatic carbocycles. The molecule has 0 bridgehead atoms. The summed E-state index contributed by atoms with van der Waals surface area (Å²) in [5, 5.41) is 3.00. The van der Waals surface area contributed by atoms with Crippen LogP contribution in [-0.4, -0.2) is 18.0 Å². The molecule has 1 aromatic rings. The summed E-state index contributed by atoms with van der Waals surface area (Å²) in [5.74, 6) is 0.0538. The van der Waals surface area contributed by atoms with E-state index < -0.39 is 5.54 Å². The summed E-state index contributed by atoms with van der Waals surface area (Å²) in [7, 11) is 0. The molecule has 0 atom stereocenters. The van der Waals surface area contributed by atoms with Crippen LogP contribution in [0.2, 0.25) is 0 Å². The molecule has 1 aromatic carbocycles. The van der Waals surface area contributed by atoms with Gasteiger partial charge in [0.1, 0.15) is 0 Å².